The molecule has 1 aromatic heterocycles. The number of benzene rings is 2. The summed E-state index contributed by atoms with van der Waals surface area (Å²) in [5.74, 6) is 0.732. The standard InChI is InChI=1S/C21H22FN3O/c1-21(2)11-17-9-15(4-6-20(17)26-21)12-24-13-16-3-5-19(18(22)10-16)25-8-7-23-14-25/h3-10,14,24H,11-13H2,1-2H3. The normalized spacial score (nSPS) is 14.9. The first-order chi connectivity index (χ1) is 12.5. The zero-order chi connectivity index (χ0) is 18.1. The van der Waals surface area contributed by atoms with Gasteiger partial charge in [-0.1, -0.05) is 18.2 Å². The van der Waals surface area contributed by atoms with E-state index < -0.39 is 0 Å². The molecule has 0 bridgehead atoms. The minimum Gasteiger partial charge on any atom is -0.487 e. The second-order valence-electron chi connectivity index (χ2n) is 7.34. The summed E-state index contributed by atoms with van der Waals surface area (Å²) in [6.07, 6.45) is 5.89. The van der Waals surface area contributed by atoms with Gasteiger partial charge in [-0.25, -0.2) is 9.37 Å². The number of imidazole rings is 1. The highest BCUT2D eigenvalue weighted by Crippen LogP contribution is 2.35. The summed E-state index contributed by atoms with van der Waals surface area (Å²) in [7, 11) is 0. The van der Waals surface area contributed by atoms with Gasteiger partial charge in [0, 0.05) is 31.9 Å². The number of nitrogens with one attached hydrogen (secondary N) is 1. The number of rotatable bonds is 5. The Bertz CT molecular complexity index is 919. The van der Waals surface area contributed by atoms with Crippen LogP contribution >= 0.6 is 0 Å². The van der Waals surface area contributed by atoms with Gasteiger partial charge in [0.05, 0.1) is 12.0 Å². The van der Waals surface area contributed by atoms with Gasteiger partial charge in [0.2, 0.25) is 0 Å². The van der Waals surface area contributed by atoms with Crippen molar-refractivity contribution in [2.24, 2.45) is 0 Å². The van der Waals surface area contributed by atoms with Crippen LogP contribution < -0.4 is 10.1 Å². The highest BCUT2D eigenvalue weighted by molar-refractivity contribution is 5.42. The van der Waals surface area contributed by atoms with Crippen LogP contribution in [0.25, 0.3) is 5.69 Å². The minimum absolute atomic E-state index is 0.122. The zero-order valence-electron chi connectivity index (χ0n) is 15.0. The van der Waals surface area contributed by atoms with E-state index >= 15 is 0 Å². The van der Waals surface area contributed by atoms with Gasteiger partial charge in [-0.2, -0.15) is 0 Å². The van der Waals surface area contributed by atoms with Crippen LogP contribution in [0, 0.1) is 5.82 Å². The monoisotopic (exact) mass is 351 g/mol. The van der Waals surface area contributed by atoms with Gasteiger partial charge in [0.1, 0.15) is 17.2 Å². The van der Waals surface area contributed by atoms with Crippen molar-refractivity contribution in [1.82, 2.24) is 14.9 Å². The number of fused-ring (bicyclic) bond motifs is 1. The molecule has 1 aliphatic heterocycles. The lowest BCUT2D eigenvalue weighted by Gasteiger charge is -2.16. The van der Waals surface area contributed by atoms with E-state index in [1.165, 1.54) is 11.1 Å². The molecule has 134 valence electrons. The molecule has 5 heteroatoms. The number of aromatic nitrogens is 2. The molecule has 1 N–H and O–H groups in total. The molecule has 0 spiro atoms. The fraction of sp³-hybridized carbons (Fsp3) is 0.286. The second-order valence-corrected chi connectivity index (χ2v) is 7.34. The molecule has 0 amide bonds. The molecule has 2 heterocycles. The van der Waals surface area contributed by atoms with E-state index in [4.69, 9.17) is 4.74 Å². The SMILES string of the molecule is CC1(C)Cc2cc(CNCc3ccc(-n4ccnc4)c(F)c3)ccc2O1. The lowest BCUT2D eigenvalue weighted by Crippen LogP contribution is -2.24. The van der Waals surface area contributed by atoms with E-state index in [0.29, 0.717) is 12.2 Å². The number of hydrogen-bond acceptors (Lipinski definition) is 3. The number of nitrogens with zero attached hydrogens (tertiary/aromatic N) is 2. The first-order valence-corrected chi connectivity index (χ1v) is 8.78. The van der Waals surface area contributed by atoms with Crippen LogP contribution in [0.15, 0.2) is 55.1 Å². The van der Waals surface area contributed by atoms with E-state index in [1.807, 2.05) is 12.1 Å². The van der Waals surface area contributed by atoms with Gasteiger partial charge >= 0.3 is 0 Å². The molecule has 0 unspecified atom stereocenters. The molecule has 0 saturated carbocycles. The van der Waals surface area contributed by atoms with E-state index in [1.54, 1.807) is 35.4 Å². The summed E-state index contributed by atoms with van der Waals surface area (Å²) < 4.78 is 21.9. The lowest BCUT2D eigenvalue weighted by molar-refractivity contribution is 0.138. The number of hydrogen-bond donors (Lipinski definition) is 1. The average molecular weight is 351 g/mol. The summed E-state index contributed by atoms with van der Waals surface area (Å²) >= 11 is 0. The van der Waals surface area contributed by atoms with E-state index in [0.717, 1.165) is 24.3 Å². The first-order valence-electron chi connectivity index (χ1n) is 8.78. The summed E-state index contributed by atoms with van der Waals surface area (Å²) in [6.45, 7) is 5.55. The van der Waals surface area contributed by atoms with Crippen molar-refractivity contribution in [3.05, 3.63) is 77.6 Å². The van der Waals surface area contributed by atoms with E-state index in [2.05, 4.69) is 36.3 Å². The maximum Gasteiger partial charge on any atom is 0.147 e. The van der Waals surface area contributed by atoms with Crippen molar-refractivity contribution in [3.8, 4) is 11.4 Å². The van der Waals surface area contributed by atoms with Crippen molar-refractivity contribution in [2.75, 3.05) is 0 Å². The largest absolute Gasteiger partial charge is 0.487 e. The van der Waals surface area contributed by atoms with Crippen molar-refractivity contribution >= 4 is 0 Å². The molecule has 4 rings (SSSR count). The third-order valence-electron chi connectivity index (χ3n) is 4.58. The number of ether oxygens (including phenoxy) is 1. The fourth-order valence-corrected chi connectivity index (χ4v) is 3.40. The Labute approximate surface area is 152 Å². The second kappa shape index (κ2) is 6.57. The van der Waals surface area contributed by atoms with Gasteiger partial charge in [-0.05, 0) is 48.7 Å². The summed E-state index contributed by atoms with van der Waals surface area (Å²) in [4.78, 5) is 3.95. The van der Waals surface area contributed by atoms with Crippen molar-refractivity contribution in [1.29, 1.82) is 0 Å². The topological polar surface area (TPSA) is 39.1 Å². The van der Waals surface area contributed by atoms with Crippen LogP contribution in [-0.2, 0) is 19.5 Å². The molecule has 26 heavy (non-hydrogen) atoms. The Morgan fingerprint density at radius 2 is 1.92 bits per heavy atom. The van der Waals surface area contributed by atoms with Crippen LogP contribution in [0.5, 0.6) is 5.75 Å². The molecular weight excluding hydrogens is 329 g/mol. The van der Waals surface area contributed by atoms with Crippen LogP contribution in [0.2, 0.25) is 0 Å². The molecule has 3 aromatic rings. The Kier molecular flexibility index (Phi) is 4.24. The Morgan fingerprint density at radius 3 is 2.65 bits per heavy atom. The Balaban J connectivity index is 1.38. The molecule has 1 aliphatic rings. The predicted octanol–water partition coefficient (Wildman–Crippen LogP) is 4.01. The predicted molar refractivity (Wildman–Crippen MR) is 98.9 cm³/mol. The molecule has 4 nitrogen and oxygen atoms in total. The van der Waals surface area contributed by atoms with Crippen molar-refractivity contribution < 1.29 is 9.13 Å². The first kappa shape index (κ1) is 16.8. The maximum atomic E-state index is 14.3. The van der Waals surface area contributed by atoms with Crippen molar-refractivity contribution in [3.63, 3.8) is 0 Å². The van der Waals surface area contributed by atoms with Crippen LogP contribution in [0.4, 0.5) is 4.39 Å². The highest BCUT2D eigenvalue weighted by atomic mass is 19.1. The van der Waals surface area contributed by atoms with Crippen LogP contribution in [-0.4, -0.2) is 15.2 Å². The van der Waals surface area contributed by atoms with Crippen LogP contribution in [0.1, 0.15) is 30.5 Å². The van der Waals surface area contributed by atoms with Gasteiger partial charge in [0.15, 0.2) is 0 Å². The fourth-order valence-electron chi connectivity index (χ4n) is 3.40. The maximum absolute atomic E-state index is 14.3. The van der Waals surface area contributed by atoms with Gasteiger partial charge in [-0.15, -0.1) is 0 Å². The van der Waals surface area contributed by atoms with E-state index in [-0.39, 0.29) is 11.4 Å². The smallest absolute Gasteiger partial charge is 0.147 e. The summed E-state index contributed by atoms with van der Waals surface area (Å²) in [6, 6.07) is 11.6. The minimum atomic E-state index is -0.251. The molecular formula is C21H22FN3O. The summed E-state index contributed by atoms with van der Waals surface area (Å²) in [5, 5.41) is 3.38. The zero-order valence-corrected chi connectivity index (χ0v) is 15.0. The van der Waals surface area contributed by atoms with Gasteiger partial charge in [-0.3, -0.25) is 0 Å². The van der Waals surface area contributed by atoms with E-state index in [9.17, 15) is 4.39 Å². The quantitative estimate of drug-likeness (QED) is 0.755. The lowest BCUT2D eigenvalue weighted by atomic mass is 10.0. The third-order valence-corrected chi connectivity index (χ3v) is 4.58. The van der Waals surface area contributed by atoms with Gasteiger partial charge < -0.3 is 14.6 Å². The summed E-state index contributed by atoms with van der Waals surface area (Å²) in [5.41, 5.74) is 3.76. The molecule has 2 aromatic carbocycles. The highest BCUT2D eigenvalue weighted by Gasteiger charge is 2.29. The Morgan fingerprint density at radius 1 is 1.15 bits per heavy atom. The third kappa shape index (κ3) is 3.48. The van der Waals surface area contributed by atoms with Gasteiger partial charge in [0.25, 0.3) is 0 Å². The molecule has 0 radical (unpaired) electrons. The van der Waals surface area contributed by atoms with Crippen LogP contribution in [0.3, 0.4) is 0 Å². The molecule has 0 atom stereocenters. The molecule has 0 fully saturated rings. The Hall–Kier alpha value is -2.66. The average Bonchev–Trinajstić information content (AvgIpc) is 3.20. The molecule has 0 saturated heterocycles. The van der Waals surface area contributed by atoms with Crippen molar-refractivity contribution in [2.45, 2.75) is 39.0 Å². The molecule has 0 aliphatic carbocycles. The number of halogens is 1.